The Morgan fingerprint density at radius 3 is 2.26 bits per heavy atom. The predicted molar refractivity (Wildman–Crippen MR) is 70.7 cm³/mol. The summed E-state index contributed by atoms with van der Waals surface area (Å²) in [4.78, 5) is 19.1. The molecule has 0 atom stereocenters. The smallest absolute Gasteiger partial charge is 0.258 e. The molecular formula is C11H14ClN7. The van der Waals surface area contributed by atoms with E-state index in [1.807, 2.05) is 13.8 Å². The molecule has 0 N–H and O–H groups in total. The minimum Gasteiger partial charge on any atom is -0.341 e. The van der Waals surface area contributed by atoms with Gasteiger partial charge in [-0.25, -0.2) is 4.98 Å². The first-order valence-electron chi connectivity index (χ1n) is 6.20. The molecule has 1 aliphatic rings. The first-order chi connectivity index (χ1) is 9.13. The largest absolute Gasteiger partial charge is 0.341 e. The van der Waals surface area contributed by atoms with E-state index in [1.54, 1.807) is 4.68 Å². The number of hydrogen-bond acceptors (Lipinski definition) is 6. The van der Waals surface area contributed by atoms with Gasteiger partial charge in [0.15, 0.2) is 0 Å². The van der Waals surface area contributed by atoms with Crippen molar-refractivity contribution in [1.29, 1.82) is 0 Å². The molecular weight excluding hydrogens is 266 g/mol. The van der Waals surface area contributed by atoms with Crippen LogP contribution in [0.25, 0.3) is 5.95 Å². The summed E-state index contributed by atoms with van der Waals surface area (Å²) in [5.41, 5.74) is 0. The summed E-state index contributed by atoms with van der Waals surface area (Å²) in [6.07, 6.45) is 2.31. The van der Waals surface area contributed by atoms with Gasteiger partial charge in [-0.3, -0.25) is 0 Å². The van der Waals surface area contributed by atoms with Gasteiger partial charge < -0.3 is 4.90 Å². The topological polar surface area (TPSA) is 72.6 Å². The zero-order valence-electron chi connectivity index (χ0n) is 10.8. The van der Waals surface area contributed by atoms with Gasteiger partial charge in [-0.05, 0) is 38.3 Å². The van der Waals surface area contributed by atoms with Gasteiger partial charge in [0.05, 0.1) is 0 Å². The summed E-state index contributed by atoms with van der Waals surface area (Å²) >= 11 is 5.99. The van der Waals surface area contributed by atoms with Crippen molar-refractivity contribution in [1.82, 2.24) is 29.7 Å². The molecule has 1 fully saturated rings. The molecule has 2 aromatic rings. The summed E-state index contributed by atoms with van der Waals surface area (Å²) in [7, 11) is 0. The zero-order chi connectivity index (χ0) is 13.4. The monoisotopic (exact) mass is 279 g/mol. The Morgan fingerprint density at radius 1 is 0.947 bits per heavy atom. The first kappa shape index (κ1) is 12.3. The van der Waals surface area contributed by atoms with Crippen molar-refractivity contribution < 1.29 is 0 Å². The molecule has 0 amide bonds. The quantitative estimate of drug-likeness (QED) is 0.826. The molecule has 0 unspecified atom stereocenters. The maximum atomic E-state index is 5.99. The second-order valence-corrected chi connectivity index (χ2v) is 4.85. The minimum atomic E-state index is 0.180. The van der Waals surface area contributed by atoms with Crippen LogP contribution in [0, 0.1) is 13.8 Å². The predicted octanol–water partition coefficient (Wildman–Crippen LogP) is 1.32. The minimum absolute atomic E-state index is 0.180. The SMILES string of the molecule is Cc1nc(C)n(-c2nc(Cl)nc(N3CCCC3)n2)n1. The fourth-order valence-corrected chi connectivity index (χ4v) is 2.34. The molecule has 19 heavy (non-hydrogen) atoms. The molecule has 0 aromatic carbocycles. The molecule has 8 heteroatoms. The second kappa shape index (κ2) is 4.73. The van der Waals surface area contributed by atoms with Crippen molar-refractivity contribution in [3.63, 3.8) is 0 Å². The fraction of sp³-hybridized carbons (Fsp3) is 0.545. The molecule has 0 radical (unpaired) electrons. The van der Waals surface area contributed by atoms with E-state index in [2.05, 4.69) is 29.9 Å². The van der Waals surface area contributed by atoms with Gasteiger partial charge in [-0.1, -0.05) is 0 Å². The van der Waals surface area contributed by atoms with Crippen molar-refractivity contribution in [2.24, 2.45) is 0 Å². The Labute approximate surface area is 115 Å². The molecule has 2 aromatic heterocycles. The molecule has 1 aliphatic heterocycles. The van der Waals surface area contributed by atoms with E-state index in [-0.39, 0.29) is 5.28 Å². The van der Waals surface area contributed by atoms with Crippen LogP contribution in [-0.2, 0) is 0 Å². The van der Waals surface area contributed by atoms with Gasteiger partial charge in [0.25, 0.3) is 5.95 Å². The molecule has 1 saturated heterocycles. The number of rotatable bonds is 2. The van der Waals surface area contributed by atoms with Crippen molar-refractivity contribution >= 4 is 17.5 Å². The van der Waals surface area contributed by atoms with Gasteiger partial charge in [0, 0.05) is 13.1 Å². The van der Waals surface area contributed by atoms with E-state index < -0.39 is 0 Å². The number of hydrogen-bond donors (Lipinski definition) is 0. The molecule has 0 saturated carbocycles. The third-order valence-corrected chi connectivity index (χ3v) is 3.21. The molecule has 3 heterocycles. The molecule has 0 bridgehead atoms. The number of aromatic nitrogens is 6. The normalized spacial score (nSPS) is 15.2. The Kier molecular flexibility index (Phi) is 3.06. The average Bonchev–Trinajstić information content (AvgIpc) is 2.98. The molecule has 3 rings (SSSR count). The average molecular weight is 280 g/mol. The van der Waals surface area contributed by atoms with Crippen LogP contribution in [0.3, 0.4) is 0 Å². The molecule has 0 spiro atoms. The van der Waals surface area contributed by atoms with E-state index in [1.165, 1.54) is 0 Å². The van der Waals surface area contributed by atoms with Crippen LogP contribution in [0.5, 0.6) is 0 Å². The molecule has 0 aliphatic carbocycles. The standard InChI is InChI=1S/C11H14ClN7/c1-7-13-8(2)19(17-7)11-15-9(12)14-10(16-11)18-5-3-4-6-18/h3-6H2,1-2H3. The zero-order valence-corrected chi connectivity index (χ0v) is 11.6. The third kappa shape index (κ3) is 2.37. The van der Waals surface area contributed by atoms with Crippen molar-refractivity contribution in [3.8, 4) is 5.95 Å². The number of nitrogens with zero attached hydrogens (tertiary/aromatic N) is 7. The van der Waals surface area contributed by atoms with Gasteiger partial charge >= 0.3 is 0 Å². The van der Waals surface area contributed by atoms with Crippen LogP contribution < -0.4 is 4.90 Å². The highest BCUT2D eigenvalue weighted by molar-refractivity contribution is 6.28. The summed E-state index contributed by atoms with van der Waals surface area (Å²) < 4.78 is 1.59. The van der Waals surface area contributed by atoms with Gasteiger partial charge in [-0.2, -0.15) is 19.6 Å². The Bertz CT molecular complexity index is 603. The van der Waals surface area contributed by atoms with E-state index in [0.29, 0.717) is 17.7 Å². The Morgan fingerprint density at radius 2 is 1.63 bits per heavy atom. The number of halogens is 1. The van der Waals surface area contributed by atoms with Gasteiger partial charge in [0.2, 0.25) is 11.2 Å². The first-order valence-corrected chi connectivity index (χ1v) is 6.58. The lowest BCUT2D eigenvalue weighted by molar-refractivity contribution is 0.751. The van der Waals surface area contributed by atoms with Crippen LogP contribution >= 0.6 is 11.6 Å². The van der Waals surface area contributed by atoms with E-state index in [9.17, 15) is 0 Å². The highest BCUT2D eigenvalue weighted by Crippen LogP contribution is 2.18. The van der Waals surface area contributed by atoms with Crippen molar-refractivity contribution in [2.45, 2.75) is 26.7 Å². The fourth-order valence-electron chi connectivity index (χ4n) is 2.19. The van der Waals surface area contributed by atoms with E-state index in [4.69, 9.17) is 11.6 Å². The van der Waals surface area contributed by atoms with Crippen LogP contribution in [0.15, 0.2) is 0 Å². The third-order valence-electron chi connectivity index (χ3n) is 3.04. The van der Waals surface area contributed by atoms with E-state index >= 15 is 0 Å². The molecule has 100 valence electrons. The Balaban J connectivity index is 2.04. The van der Waals surface area contributed by atoms with Gasteiger partial charge in [0.1, 0.15) is 11.6 Å². The number of anilines is 1. The van der Waals surface area contributed by atoms with Crippen molar-refractivity contribution in [2.75, 3.05) is 18.0 Å². The summed E-state index contributed by atoms with van der Waals surface area (Å²) in [6.45, 7) is 5.59. The lowest BCUT2D eigenvalue weighted by Crippen LogP contribution is -2.22. The van der Waals surface area contributed by atoms with E-state index in [0.717, 1.165) is 31.8 Å². The van der Waals surface area contributed by atoms with Crippen LogP contribution in [-0.4, -0.2) is 42.8 Å². The second-order valence-electron chi connectivity index (χ2n) is 4.52. The summed E-state index contributed by atoms with van der Waals surface area (Å²) in [6, 6.07) is 0. The lowest BCUT2D eigenvalue weighted by Gasteiger charge is -2.15. The maximum absolute atomic E-state index is 5.99. The van der Waals surface area contributed by atoms with Crippen LogP contribution in [0.2, 0.25) is 5.28 Å². The Hall–Kier alpha value is -1.76. The molecule has 7 nitrogen and oxygen atoms in total. The maximum Gasteiger partial charge on any atom is 0.258 e. The van der Waals surface area contributed by atoms with Crippen LogP contribution in [0.1, 0.15) is 24.5 Å². The summed E-state index contributed by atoms with van der Waals surface area (Å²) in [5.74, 6) is 2.43. The van der Waals surface area contributed by atoms with Gasteiger partial charge in [-0.15, -0.1) is 5.10 Å². The lowest BCUT2D eigenvalue weighted by atomic mass is 10.4. The van der Waals surface area contributed by atoms with Crippen LogP contribution in [0.4, 0.5) is 5.95 Å². The highest BCUT2D eigenvalue weighted by atomic mass is 35.5. The summed E-state index contributed by atoms with van der Waals surface area (Å²) in [5, 5.41) is 4.44. The van der Waals surface area contributed by atoms with Crippen molar-refractivity contribution in [3.05, 3.63) is 16.9 Å². The number of aryl methyl sites for hydroxylation is 2. The highest BCUT2D eigenvalue weighted by Gasteiger charge is 2.18.